The summed E-state index contributed by atoms with van der Waals surface area (Å²) in [6.07, 6.45) is 1.64. The van der Waals surface area contributed by atoms with Crippen molar-refractivity contribution in [3.8, 4) is 11.2 Å². The zero-order chi connectivity index (χ0) is 6.41. The smallest absolute Gasteiger partial charge is 0.233 e. The highest BCUT2D eigenvalue weighted by Gasteiger charge is 1.75. The van der Waals surface area contributed by atoms with Crippen LogP contribution in [0.25, 0.3) is 0 Å². The molecule has 0 amide bonds. The summed E-state index contributed by atoms with van der Waals surface area (Å²) >= 11 is -1.93. The second-order valence-electron chi connectivity index (χ2n) is 1.28. The third-order valence-electron chi connectivity index (χ3n) is 0.534. The molecular weight excluding hydrogens is 124 g/mol. The van der Waals surface area contributed by atoms with E-state index in [9.17, 15) is 4.21 Å². The predicted octanol–water partition coefficient (Wildman–Crippen LogP) is 0.969. The van der Waals surface area contributed by atoms with Gasteiger partial charge in [0.2, 0.25) is 11.1 Å². The maximum atomic E-state index is 9.81. The van der Waals surface area contributed by atoms with E-state index < -0.39 is 11.1 Å². The summed E-state index contributed by atoms with van der Waals surface area (Å²) in [5, 5.41) is 2.12. The van der Waals surface area contributed by atoms with E-state index in [2.05, 4.69) is 11.2 Å². The van der Waals surface area contributed by atoms with Gasteiger partial charge < -0.3 is 0 Å². The van der Waals surface area contributed by atoms with E-state index in [1.54, 1.807) is 0 Å². The molecule has 3 heteroatoms. The van der Waals surface area contributed by atoms with E-state index >= 15 is 0 Å². The van der Waals surface area contributed by atoms with Crippen LogP contribution in [0.2, 0.25) is 0 Å². The van der Waals surface area contributed by atoms with Crippen LogP contribution in [0.5, 0.6) is 0 Å². The number of hydrogen-bond acceptors (Lipinski definition) is 1. The quantitative estimate of drug-likeness (QED) is 0.426. The molecule has 0 aliphatic carbocycles. The Morgan fingerprint density at radius 1 is 1.75 bits per heavy atom. The standard InChI is InChI=1S/C5H8O2S/c1-2-3-4-5-8(6)7/h2-3H2,1H3,(H,6,7). The molecule has 0 aromatic heterocycles. The summed E-state index contributed by atoms with van der Waals surface area (Å²) < 4.78 is 17.9. The summed E-state index contributed by atoms with van der Waals surface area (Å²) in [6, 6.07) is 0. The van der Waals surface area contributed by atoms with Crippen LogP contribution >= 0.6 is 0 Å². The molecule has 0 saturated heterocycles. The number of rotatable bonds is 1. The van der Waals surface area contributed by atoms with Crippen molar-refractivity contribution in [2.45, 2.75) is 19.8 Å². The van der Waals surface area contributed by atoms with Crippen LogP contribution < -0.4 is 0 Å². The molecule has 0 rings (SSSR count). The van der Waals surface area contributed by atoms with Gasteiger partial charge in [-0.3, -0.25) is 4.55 Å². The van der Waals surface area contributed by atoms with Crippen molar-refractivity contribution in [1.82, 2.24) is 0 Å². The van der Waals surface area contributed by atoms with Crippen molar-refractivity contribution in [3.05, 3.63) is 0 Å². The van der Waals surface area contributed by atoms with Gasteiger partial charge in [0.25, 0.3) is 0 Å². The molecule has 46 valence electrons. The van der Waals surface area contributed by atoms with Crippen molar-refractivity contribution in [2.24, 2.45) is 0 Å². The van der Waals surface area contributed by atoms with Gasteiger partial charge in [0.05, 0.1) is 0 Å². The first-order valence-electron chi connectivity index (χ1n) is 2.36. The van der Waals surface area contributed by atoms with Crippen LogP contribution in [0.15, 0.2) is 0 Å². The fourth-order valence-corrected chi connectivity index (χ4v) is 0.463. The molecule has 1 unspecified atom stereocenters. The Labute approximate surface area is 51.6 Å². The summed E-state index contributed by atoms with van der Waals surface area (Å²) in [4.78, 5) is 0. The SMILES string of the molecule is CCCC#CS(=O)O. The molecule has 8 heavy (non-hydrogen) atoms. The molecule has 0 aromatic rings. The lowest BCUT2D eigenvalue weighted by atomic mass is 10.4. The Morgan fingerprint density at radius 2 is 2.38 bits per heavy atom. The summed E-state index contributed by atoms with van der Waals surface area (Å²) in [5.41, 5.74) is 0. The van der Waals surface area contributed by atoms with Gasteiger partial charge >= 0.3 is 0 Å². The molecule has 0 bridgehead atoms. The van der Waals surface area contributed by atoms with Crippen LogP contribution in [0, 0.1) is 11.2 Å². The first-order chi connectivity index (χ1) is 3.77. The highest BCUT2D eigenvalue weighted by Crippen LogP contribution is 1.80. The van der Waals surface area contributed by atoms with Crippen molar-refractivity contribution in [3.63, 3.8) is 0 Å². The minimum absolute atomic E-state index is 0.701. The van der Waals surface area contributed by atoms with Gasteiger partial charge in [0, 0.05) is 11.7 Å². The molecule has 0 spiro atoms. The minimum atomic E-state index is -1.93. The molecule has 0 aromatic carbocycles. The maximum absolute atomic E-state index is 9.81. The van der Waals surface area contributed by atoms with Crippen molar-refractivity contribution < 1.29 is 8.76 Å². The molecule has 0 aliphatic heterocycles. The topological polar surface area (TPSA) is 37.3 Å². The Morgan fingerprint density at radius 3 is 2.75 bits per heavy atom. The van der Waals surface area contributed by atoms with Gasteiger partial charge in [-0.15, -0.1) is 0 Å². The fraction of sp³-hybridized carbons (Fsp3) is 0.600. The van der Waals surface area contributed by atoms with E-state index in [0.29, 0.717) is 6.42 Å². The Kier molecular flexibility index (Phi) is 4.62. The molecule has 0 fully saturated rings. The van der Waals surface area contributed by atoms with E-state index in [-0.39, 0.29) is 0 Å². The average Bonchev–Trinajstić information content (AvgIpc) is 1.66. The highest BCUT2D eigenvalue weighted by molar-refractivity contribution is 7.84. The van der Waals surface area contributed by atoms with E-state index in [0.717, 1.165) is 6.42 Å². The van der Waals surface area contributed by atoms with Crippen molar-refractivity contribution in [1.29, 1.82) is 0 Å². The van der Waals surface area contributed by atoms with Gasteiger partial charge in [-0.25, -0.2) is 4.21 Å². The Balaban J connectivity index is 3.35. The molecule has 0 saturated carbocycles. The Hall–Kier alpha value is -0.330. The number of hydrogen-bond donors (Lipinski definition) is 1. The van der Waals surface area contributed by atoms with E-state index in [1.807, 2.05) is 6.92 Å². The zero-order valence-electron chi connectivity index (χ0n) is 4.68. The second kappa shape index (κ2) is 4.82. The predicted molar refractivity (Wildman–Crippen MR) is 33.5 cm³/mol. The first-order valence-corrected chi connectivity index (χ1v) is 3.47. The van der Waals surface area contributed by atoms with Gasteiger partial charge in [-0.1, -0.05) is 12.8 Å². The molecule has 2 nitrogen and oxygen atoms in total. The molecular formula is C5H8O2S. The van der Waals surface area contributed by atoms with Crippen LogP contribution in [-0.2, 0) is 11.1 Å². The molecule has 0 aliphatic rings. The summed E-state index contributed by atoms with van der Waals surface area (Å²) in [7, 11) is 0. The molecule has 1 N–H and O–H groups in total. The van der Waals surface area contributed by atoms with Crippen molar-refractivity contribution in [2.75, 3.05) is 0 Å². The largest absolute Gasteiger partial charge is 0.296 e. The van der Waals surface area contributed by atoms with Crippen LogP contribution in [-0.4, -0.2) is 8.76 Å². The minimum Gasteiger partial charge on any atom is -0.296 e. The lowest BCUT2D eigenvalue weighted by molar-refractivity contribution is 0.576. The highest BCUT2D eigenvalue weighted by atomic mass is 32.2. The second-order valence-corrected chi connectivity index (χ2v) is 1.98. The van der Waals surface area contributed by atoms with Crippen LogP contribution in [0.3, 0.4) is 0 Å². The third kappa shape index (κ3) is 5.67. The van der Waals surface area contributed by atoms with Crippen LogP contribution in [0.1, 0.15) is 19.8 Å². The van der Waals surface area contributed by atoms with E-state index in [1.165, 1.54) is 0 Å². The van der Waals surface area contributed by atoms with Gasteiger partial charge in [0.1, 0.15) is 0 Å². The van der Waals surface area contributed by atoms with Gasteiger partial charge in [-0.05, 0) is 6.42 Å². The molecule has 1 atom stereocenters. The van der Waals surface area contributed by atoms with Crippen LogP contribution in [0.4, 0.5) is 0 Å². The van der Waals surface area contributed by atoms with Gasteiger partial charge in [0.15, 0.2) is 0 Å². The zero-order valence-corrected chi connectivity index (χ0v) is 5.49. The lowest BCUT2D eigenvalue weighted by Gasteiger charge is -1.74. The fourth-order valence-electron chi connectivity index (χ4n) is 0.238. The Bertz CT molecular complexity index is 131. The lowest BCUT2D eigenvalue weighted by Crippen LogP contribution is -1.75. The average molecular weight is 132 g/mol. The third-order valence-corrected chi connectivity index (χ3v) is 0.853. The van der Waals surface area contributed by atoms with Gasteiger partial charge in [-0.2, -0.15) is 0 Å². The number of unbranched alkanes of at least 4 members (excludes halogenated alkanes) is 1. The molecule has 0 heterocycles. The molecule has 0 radical (unpaired) electrons. The van der Waals surface area contributed by atoms with Crippen molar-refractivity contribution >= 4 is 11.1 Å². The van der Waals surface area contributed by atoms with E-state index in [4.69, 9.17) is 4.55 Å². The maximum Gasteiger partial charge on any atom is 0.233 e. The summed E-state index contributed by atoms with van der Waals surface area (Å²) in [6.45, 7) is 1.97. The monoisotopic (exact) mass is 132 g/mol. The first kappa shape index (κ1) is 7.67. The summed E-state index contributed by atoms with van der Waals surface area (Å²) in [5.74, 6) is 2.53. The normalized spacial score (nSPS) is 11.8.